The number of carboxylic acid groups (broad SMARTS) is 2. The molecule has 4 N–H and O–H groups in total. The van der Waals surface area contributed by atoms with Crippen LogP contribution in [-0.2, 0) is 0 Å². The van der Waals surface area contributed by atoms with Crippen molar-refractivity contribution in [2.75, 3.05) is 10.6 Å². The summed E-state index contributed by atoms with van der Waals surface area (Å²) in [7, 11) is 0. The molecule has 0 aliphatic heterocycles. The highest BCUT2D eigenvalue weighted by atomic mass is 32.2. The van der Waals surface area contributed by atoms with Crippen molar-refractivity contribution in [3.8, 4) is 0 Å². The van der Waals surface area contributed by atoms with E-state index >= 15 is 4.79 Å². The second-order valence-corrected chi connectivity index (χ2v) is 13.3. The summed E-state index contributed by atoms with van der Waals surface area (Å²) in [6, 6.07) is 38.4. The fourth-order valence-corrected chi connectivity index (χ4v) is 7.94. The number of fused-ring (bicyclic) bond motifs is 2. The fraction of sp³-hybridized carbons (Fsp3) is 0.0244. The van der Waals surface area contributed by atoms with Crippen LogP contribution in [0.2, 0.25) is 0 Å². The Bertz CT molecular complexity index is 2170. The van der Waals surface area contributed by atoms with Gasteiger partial charge in [-0.1, -0.05) is 91.6 Å². The predicted octanol–water partition coefficient (Wildman–Crippen LogP) is 10.3. The highest BCUT2D eigenvalue weighted by Crippen LogP contribution is 2.47. The number of aromatic carboxylic acids is 2. The molecular formula is C41H30N2O6S2. The van der Waals surface area contributed by atoms with Gasteiger partial charge in [0.15, 0.2) is 11.6 Å². The van der Waals surface area contributed by atoms with Gasteiger partial charge in [0, 0.05) is 42.1 Å². The Hall–Kier alpha value is -6.10. The van der Waals surface area contributed by atoms with E-state index in [2.05, 4.69) is 10.6 Å². The standard InChI is InChI=1S/C40H26N2O6S2.CH4/c43-37-33-27(41-23-11-3-1-4-12-23)19-21-31(49-29-17-9-7-15-25(29)39(45)46)35(33)38(44)36-32(50-30-18-10-8-16-26(30)40(47)48)22-20-28(34(36)37)42-24-13-5-2-6-14-24;/h1-22,41-42H,(H,45,46)(H,47,48);1H4. The van der Waals surface area contributed by atoms with Gasteiger partial charge in [-0.15, -0.1) is 0 Å². The zero-order chi connectivity index (χ0) is 34.8. The van der Waals surface area contributed by atoms with Gasteiger partial charge in [0.25, 0.3) is 0 Å². The zero-order valence-corrected chi connectivity index (χ0v) is 27.7. The number of carboxylic acids is 2. The predicted molar refractivity (Wildman–Crippen MR) is 201 cm³/mol. The molecular weight excluding hydrogens is 681 g/mol. The Morgan fingerprint density at radius 1 is 0.431 bits per heavy atom. The quantitative estimate of drug-likeness (QED) is 0.109. The molecule has 10 heteroatoms. The third-order valence-electron chi connectivity index (χ3n) is 8.02. The van der Waals surface area contributed by atoms with Gasteiger partial charge in [-0.3, -0.25) is 9.59 Å². The number of carbonyl (C=O) groups excluding carboxylic acids is 2. The summed E-state index contributed by atoms with van der Waals surface area (Å²) in [5, 5.41) is 26.4. The maximum atomic E-state index is 15.1. The van der Waals surface area contributed by atoms with Crippen molar-refractivity contribution in [2.24, 2.45) is 0 Å². The first-order valence-corrected chi connectivity index (χ1v) is 17.0. The first-order valence-electron chi connectivity index (χ1n) is 15.4. The molecule has 0 unspecified atom stereocenters. The molecule has 51 heavy (non-hydrogen) atoms. The fourth-order valence-electron chi connectivity index (χ4n) is 5.77. The summed E-state index contributed by atoms with van der Waals surface area (Å²) in [5.41, 5.74) is 2.88. The lowest BCUT2D eigenvalue weighted by Crippen LogP contribution is -2.25. The van der Waals surface area contributed by atoms with Crippen LogP contribution >= 0.6 is 23.5 Å². The lowest BCUT2D eigenvalue weighted by Gasteiger charge is -2.27. The maximum Gasteiger partial charge on any atom is 0.336 e. The van der Waals surface area contributed by atoms with E-state index in [1.165, 1.54) is 12.1 Å². The smallest absolute Gasteiger partial charge is 0.336 e. The topological polar surface area (TPSA) is 133 Å². The zero-order valence-electron chi connectivity index (χ0n) is 26.0. The highest BCUT2D eigenvalue weighted by molar-refractivity contribution is 7.99. The van der Waals surface area contributed by atoms with E-state index in [1.54, 1.807) is 60.7 Å². The highest BCUT2D eigenvalue weighted by Gasteiger charge is 2.38. The van der Waals surface area contributed by atoms with Crippen LogP contribution in [0.1, 0.15) is 60.0 Å². The van der Waals surface area contributed by atoms with E-state index in [0.717, 1.165) is 23.5 Å². The molecule has 6 aromatic carbocycles. The number of hydrogen-bond acceptors (Lipinski definition) is 8. The third-order valence-corrected chi connectivity index (χ3v) is 10.3. The molecule has 0 amide bonds. The molecule has 0 spiro atoms. The normalized spacial score (nSPS) is 11.5. The Labute approximate surface area is 302 Å². The van der Waals surface area contributed by atoms with Crippen LogP contribution in [0.5, 0.6) is 0 Å². The van der Waals surface area contributed by atoms with Crippen molar-refractivity contribution in [1.29, 1.82) is 0 Å². The van der Waals surface area contributed by atoms with E-state index in [9.17, 15) is 24.6 Å². The Morgan fingerprint density at radius 2 is 0.784 bits per heavy atom. The third kappa shape index (κ3) is 6.87. The molecule has 0 fully saturated rings. The first kappa shape index (κ1) is 34.8. The Kier molecular flexibility index (Phi) is 10.1. The van der Waals surface area contributed by atoms with E-state index < -0.39 is 23.5 Å². The van der Waals surface area contributed by atoms with Gasteiger partial charge in [-0.05, 0) is 72.8 Å². The van der Waals surface area contributed by atoms with Crippen LogP contribution in [0.4, 0.5) is 22.7 Å². The molecule has 0 atom stereocenters. The maximum absolute atomic E-state index is 15.1. The number of carbonyl (C=O) groups is 4. The average molecular weight is 711 g/mol. The van der Waals surface area contributed by atoms with Crippen molar-refractivity contribution in [3.63, 3.8) is 0 Å². The van der Waals surface area contributed by atoms with Crippen molar-refractivity contribution < 1.29 is 29.4 Å². The SMILES string of the molecule is C.O=C(O)c1ccccc1Sc1ccc(Nc2ccccc2)c2c1C(=O)c1c(Sc3ccccc3C(=O)O)ccc(Nc3ccccc3)c1C2=O. The van der Waals surface area contributed by atoms with Crippen molar-refractivity contribution in [1.82, 2.24) is 0 Å². The van der Waals surface area contributed by atoms with E-state index in [-0.39, 0.29) is 40.8 Å². The summed E-state index contributed by atoms with van der Waals surface area (Å²) >= 11 is 2.19. The molecule has 6 aromatic rings. The molecule has 0 aromatic heterocycles. The van der Waals surface area contributed by atoms with Crippen molar-refractivity contribution >= 4 is 69.8 Å². The van der Waals surface area contributed by atoms with Crippen LogP contribution < -0.4 is 10.6 Å². The van der Waals surface area contributed by atoms with Gasteiger partial charge in [0.1, 0.15) is 0 Å². The van der Waals surface area contributed by atoms with Gasteiger partial charge < -0.3 is 20.8 Å². The lowest BCUT2D eigenvalue weighted by molar-refractivity contribution is 0.0682. The summed E-state index contributed by atoms with van der Waals surface area (Å²) < 4.78 is 0. The van der Waals surface area contributed by atoms with Crippen molar-refractivity contribution in [2.45, 2.75) is 27.0 Å². The van der Waals surface area contributed by atoms with Gasteiger partial charge in [0.05, 0.1) is 33.6 Å². The molecule has 0 saturated heterocycles. The minimum atomic E-state index is -1.12. The number of benzene rings is 6. The van der Waals surface area contributed by atoms with E-state index in [4.69, 9.17) is 0 Å². The lowest BCUT2D eigenvalue weighted by atomic mass is 9.82. The largest absolute Gasteiger partial charge is 0.478 e. The molecule has 0 heterocycles. The minimum absolute atomic E-state index is 0. The molecule has 1 aliphatic rings. The number of hydrogen-bond donors (Lipinski definition) is 4. The van der Waals surface area contributed by atoms with Crippen LogP contribution in [0.3, 0.4) is 0 Å². The molecule has 1 aliphatic carbocycles. The van der Waals surface area contributed by atoms with Gasteiger partial charge in [-0.25, -0.2) is 9.59 Å². The van der Waals surface area contributed by atoms with Crippen LogP contribution in [0, 0.1) is 0 Å². The number of rotatable bonds is 10. The molecule has 0 radical (unpaired) electrons. The van der Waals surface area contributed by atoms with Crippen LogP contribution in [-0.4, -0.2) is 33.7 Å². The number of ketones is 2. The van der Waals surface area contributed by atoms with E-state index in [0.29, 0.717) is 42.3 Å². The molecule has 0 bridgehead atoms. The molecule has 0 saturated carbocycles. The summed E-state index contributed by atoms with van der Waals surface area (Å²) in [4.78, 5) is 55.9. The Balaban J connectivity index is 0.00000448. The first-order chi connectivity index (χ1) is 24.3. The average Bonchev–Trinajstić information content (AvgIpc) is 3.12. The summed E-state index contributed by atoms with van der Waals surface area (Å²) in [6.45, 7) is 0. The van der Waals surface area contributed by atoms with Crippen molar-refractivity contribution in [3.05, 3.63) is 167 Å². The molecule has 8 nitrogen and oxygen atoms in total. The van der Waals surface area contributed by atoms with Crippen LogP contribution in [0.15, 0.2) is 153 Å². The van der Waals surface area contributed by atoms with Gasteiger partial charge in [-0.2, -0.15) is 0 Å². The van der Waals surface area contributed by atoms with Crippen LogP contribution in [0.25, 0.3) is 0 Å². The summed E-state index contributed by atoms with van der Waals surface area (Å²) in [5.74, 6) is -3.11. The second-order valence-electron chi connectivity index (χ2n) is 11.2. The molecule has 252 valence electrons. The second kappa shape index (κ2) is 14.8. The van der Waals surface area contributed by atoms with Gasteiger partial charge >= 0.3 is 11.9 Å². The number of anilines is 4. The molecule has 7 rings (SSSR count). The van der Waals surface area contributed by atoms with E-state index in [1.807, 2.05) is 60.7 Å². The summed E-state index contributed by atoms with van der Waals surface area (Å²) in [6.07, 6.45) is 0. The minimum Gasteiger partial charge on any atom is -0.478 e. The number of para-hydroxylation sites is 2. The monoisotopic (exact) mass is 710 g/mol. The Morgan fingerprint density at radius 3 is 1.18 bits per heavy atom. The number of nitrogens with one attached hydrogen (secondary N) is 2. The van der Waals surface area contributed by atoms with Gasteiger partial charge in [0.2, 0.25) is 0 Å².